The monoisotopic (exact) mass is 306 g/mol. The average molecular weight is 306 g/mol. The highest BCUT2D eigenvalue weighted by atomic mass is 32.2. The number of benzene rings is 2. The van der Waals surface area contributed by atoms with Crippen LogP contribution in [0.4, 0.5) is 0 Å². The molecular weight excluding hydrogens is 288 g/mol. The fourth-order valence-electron chi connectivity index (χ4n) is 3.32. The molecule has 110 valence electrons. The van der Waals surface area contributed by atoms with E-state index in [2.05, 4.69) is 82.1 Å². The van der Waals surface area contributed by atoms with Crippen LogP contribution >= 0.6 is 11.8 Å². The molecule has 1 aliphatic heterocycles. The second-order valence-corrected chi connectivity index (χ2v) is 7.20. The highest BCUT2D eigenvalue weighted by Gasteiger charge is 2.39. The van der Waals surface area contributed by atoms with Gasteiger partial charge in [-0.15, -0.1) is 11.8 Å². The first-order valence-corrected chi connectivity index (χ1v) is 8.56. The molecule has 3 aromatic rings. The Kier molecular flexibility index (Phi) is 3.51. The Morgan fingerprint density at radius 2 is 1.86 bits per heavy atom. The zero-order chi connectivity index (χ0) is 14.8. The van der Waals surface area contributed by atoms with Gasteiger partial charge in [0.1, 0.15) is 0 Å². The minimum absolute atomic E-state index is 0.0959. The van der Waals surface area contributed by atoms with Crippen molar-refractivity contribution in [3.05, 3.63) is 90.0 Å². The molecule has 0 saturated carbocycles. The maximum absolute atomic E-state index is 4.21. The van der Waals surface area contributed by atoms with Crippen LogP contribution in [0.5, 0.6) is 0 Å². The zero-order valence-corrected chi connectivity index (χ0v) is 13.2. The number of hydrogen-bond donors (Lipinski definition) is 0. The molecule has 3 heteroatoms. The van der Waals surface area contributed by atoms with Gasteiger partial charge in [-0.2, -0.15) is 0 Å². The summed E-state index contributed by atoms with van der Waals surface area (Å²) >= 11 is 2.06. The summed E-state index contributed by atoms with van der Waals surface area (Å²) in [4.78, 5) is 4.21. The maximum atomic E-state index is 4.21. The molecule has 4 rings (SSSR count). The van der Waals surface area contributed by atoms with Crippen LogP contribution in [0.1, 0.15) is 16.7 Å². The Morgan fingerprint density at radius 3 is 2.68 bits per heavy atom. The summed E-state index contributed by atoms with van der Waals surface area (Å²) in [6, 6.07) is 19.7. The van der Waals surface area contributed by atoms with E-state index in [9.17, 15) is 0 Å². The molecule has 2 aromatic carbocycles. The van der Waals surface area contributed by atoms with Crippen LogP contribution in [-0.4, -0.2) is 9.55 Å². The lowest BCUT2D eigenvalue weighted by Gasteiger charge is -2.30. The predicted octanol–water partition coefficient (Wildman–Crippen LogP) is 4.27. The van der Waals surface area contributed by atoms with Gasteiger partial charge in [0, 0.05) is 24.7 Å². The fraction of sp³-hybridized carbons (Fsp3) is 0.211. The van der Waals surface area contributed by atoms with E-state index in [1.807, 2.05) is 12.5 Å². The third kappa shape index (κ3) is 2.46. The third-order valence-electron chi connectivity index (χ3n) is 4.34. The minimum atomic E-state index is 0.0959. The second-order valence-electron chi connectivity index (χ2n) is 5.84. The first-order valence-electron chi connectivity index (χ1n) is 7.58. The van der Waals surface area contributed by atoms with Crippen LogP contribution in [0.15, 0.2) is 73.3 Å². The number of aromatic nitrogens is 2. The van der Waals surface area contributed by atoms with Gasteiger partial charge in [-0.1, -0.05) is 54.6 Å². The predicted molar refractivity (Wildman–Crippen MR) is 91.8 cm³/mol. The normalized spacial score (nSPS) is 20.0. The summed E-state index contributed by atoms with van der Waals surface area (Å²) in [5.74, 6) is 1.09. The van der Waals surface area contributed by atoms with Crippen molar-refractivity contribution in [2.24, 2.45) is 0 Å². The molecule has 1 unspecified atom stereocenters. The molecule has 2 nitrogen and oxygen atoms in total. The van der Waals surface area contributed by atoms with Crippen molar-refractivity contribution >= 4 is 11.8 Å². The van der Waals surface area contributed by atoms with E-state index in [0.717, 1.165) is 18.7 Å². The lowest BCUT2D eigenvalue weighted by Crippen LogP contribution is -2.28. The lowest BCUT2D eigenvalue weighted by atomic mass is 9.88. The molecular formula is C19H18N2S. The van der Waals surface area contributed by atoms with Crippen LogP contribution in [0.25, 0.3) is 0 Å². The Balaban J connectivity index is 1.75. The first kappa shape index (κ1) is 13.6. The van der Waals surface area contributed by atoms with Crippen LogP contribution in [0.2, 0.25) is 0 Å². The second kappa shape index (κ2) is 5.65. The summed E-state index contributed by atoms with van der Waals surface area (Å²) in [6.07, 6.45) is 6.90. The van der Waals surface area contributed by atoms with Gasteiger partial charge in [-0.05, 0) is 23.1 Å². The van der Waals surface area contributed by atoms with E-state index in [0.29, 0.717) is 0 Å². The van der Waals surface area contributed by atoms with Gasteiger partial charge in [0.25, 0.3) is 0 Å². The number of rotatable bonds is 4. The smallest absolute Gasteiger partial charge is 0.0946 e. The van der Waals surface area contributed by atoms with Gasteiger partial charge in [-0.25, -0.2) is 4.98 Å². The highest BCUT2D eigenvalue weighted by Crippen LogP contribution is 2.50. The highest BCUT2D eigenvalue weighted by molar-refractivity contribution is 7.99. The van der Waals surface area contributed by atoms with Gasteiger partial charge in [-0.3, -0.25) is 0 Å². The molecule has 0 amide bonds. The molecule has 0 aliphatic carbocycles. The molecule has 1 aromatic heterocycles. The Labute approximate surface area is 135 Å². The Hall–Kier alpha value is -2.00. The zero-order valence-electron chi connectivity index (χ0n) is 12.4. The number of nitrogens with zero attached hydrogens (tertiary/aromatic N) is 2. The largest absolute Gasteiger partial charge is 0.336 e. The molecule has 1 atom stereocenters. The SMILES string of the molecule is c1ccc(CC2(Cn3ccnc3)SCc3ccccc32)cc1. The third-order valence-corrected chi connectivity index (χ3v) is 5.84. The van der Waals surface area contributed by atoms with E-state index < -0.39 is 0 Å². The molecule has 22 heavy (non-hydrogen) atoms. The average Bonchev–Trinajstić information content (AvgIpc) is 3.18. The van der Waals surface area contributed by atoms with E-state index in [1.54, 1.807) is 0 Å². The van der Waals surface area contributed by atoms with Crippen LogP contribution in [0, 0.1) is 0 Å². The molecule has 0 spiro atoms. The van der Waals surface area contributed by atoms with Gasteiger partial charge in [0.2, 0.25) is 0 Å². The molecule has 0 saturated heterocycles. The van der Waals surface area contributed by atoms with Crippen LogP contribution < -0.4 is 0 Å². The van der Waals surface area contributed by atoms with E-state index in [-0.39, 0.29) is 4.75 Å². The van der Waals surface area contributed by atoms with Gasteiger partial charge < -0.3 is 4.57 Å². The lowest BCUT2D eigenvalue weighted by molar-refractivity contribution is 0.512. The van der Waals surface area contributed by atoms with Crippen molar-refractivity contribution < 1.29 is 0 Å². The van der Waals surface area contributed by atoms with Crippen molar-refractivity contribution in [2.75, 3.05) is 0 Å². The summed E-state index contributed by atoms with van der Waals surface area (Å²) in [5.41, 5.74) is 4.35. The Morgan fingerprint density at radius 1 is 1.05 bits per heavy atom. The number of thioether (sulfide) groups is 1. The van der Waals surface area contributed by atoms with E-state index in [1.165, 1.54) is 16.7 Å². The number of imidazole rings is 1. The van der Waals surface area contributed by atoms with Crippen LogP contribution in [0.3, 0.4) is 0 Å². The van der Waals surface area contributed by atoms with Crippen molar-refractivity contribution in [3.63, 3.8) is 0 Å². The van der Waals surface area contributed by atoms with Crippen molar-refractivity contribution in [1.29, 1.82) is 0 Å². The quantitative estimate of drug-likeness (QED) is 0.716. The number of fused-ring (bicyclic) bond motifs is 1. The van der Waals surface area contributed by atoms with Gasteiger partial charge >= 0.3 is 0 Å². The summed E-state index contributed by atoms with van der Waals surface area (Å²) < 4.78 is 2.30. The minimum Gasteiger partial charge on any atom is -0.336 e. The molecule has 2 heterocycles. The molecule has 0 N–H and O–H groups in total. The maximum Gasteiger partial charge on any atom is 0.0946 e. The molecule has 0 bridgehead atoms. The summed E-state index contributed by atoms with van der Waals surface area (Å²) in [7, 11) is 0. The van der Waals surface area contributed by atoms with Crippen molar-refractivity contribution in [1.82, 2.24) is 9.55 Å². The van der Waals surface area contributed by atoms with Crippen molar-refractivity contribution in [2.45, 2.75) is 23.5 Å². The Bertz CT molecular complexity index is 752. The first-order chi connectivity index (χ1) is 10.9. The molecule has 1 aliphatic rings. The van der Waals surface area contributed by atoms with Gasteiger partial charge in [0.15, 0.2) is 0 Å². The molecule has 0 radical (unpaired) electrons. The van der Waals surface area contributed by atoms with Crippen LogP contribution in [-0.2, 0) is 23.5 Å². The summed E-state index contributed by atoms with van der Waals surface area (Å²) in [6.45, 7) is 0.962. The van der Waals surface area contributed by atoms with E-state index in [4.69, 9.17) is 0 Å². The van der Waals surface area contributed by atoms with Gasteiger partial charge in [0.05, 0.1) is 11.1 Å². The van der Waals surface area contributed by atoms with E-state index >= 15 is 0 Å². The standard InChI is InChI=1S/C19H18N2S/c1-2-6-16(7-3-1)12-19(14-21-11-10-20-15-21)18-9-5-4-8-17(18)13-22-19/h1-11,15H,12-14H2. The fourth-order valence-corrected chi connectivity index (χ4v) is 4.87. The summed E-state index contributed by atoms with van der Waals surface area (Å²) in [5, 5.41) is 0. The number of hydrogen-bond acceptors (Lipinski definition) is 2. The van der Waals surface area contributed by atoms with Crippen molar-refractivity contribution in [3.8, 4) is 0 Å². The molecule has 0 fully saturated rings. The topological polar surface area (TPSA) is 17.8 Å².